The quantitative estimate of drug-likeness (QED) is 0.161. The van der Waals surface area contributed by atoms with Gasteiger partial charge < -0.3 is 28.9 Å². The predicted octanol–water partition coefficient (Wildman–Crippen LogP) is 11.4. The summed E-state index contributed by atoms with van der Waals surface area (Å²) in [7, 11) is 6.70. The number of nitrogens with one attached hydrogen (secondary N) is 2. The van der Waals surface area contributed by atoms with Gasteiger partial charge in [-0.05, 0) is 84.0 Å². The van der Waals surface area contributed by atoms with E-state index in [1.165, 1.54) is 0 Å². The molecule has 0 spiro atoms. The van der Waals surface area contributed by atoms with Gasteiger partial charge in [-0.25, -0.2) is 9.97 Å². The zero-order valence-corrected chi connectivity index (χ0v) is 31.4. The maximum Gasteiger partial charge on any atom is 0.130 e. The molecule has 7 aromatic rings. The van der Waals surface area contributed by atoms with Gasteiger partial charge in [0.25, 0.3) is 0 Å². The van der Waals surface area contributed by atoms with Gasteiger partial charge in [-0.15, -0.1) is 0 Å². The molecule has 5 heterocycles. The Balaban J connectivity index is 1.51. The van der Waals surface area contributed by atoms with Crippen LogP contribution < -0.4 is 18.9 Å². The first-order valence-electron chi connectivity index (χ1n) is 18.3. The smallest absolute Gasteiger partial charge is 0.130 e. The maximum atomic E-state index is 5.99. The second-order valence-corrected chi connectivity index (χ2v) is 13.3. The third kappa shape index (κ3) is 5.88. The summed E-state index contributed by atoms with van der Waals surface area (Å²) in [6.07, 6.45) is 8.27. The first-order valence-corrected chi connectivity index (χ1v) is 18.3. The van der Waals surface area contributed by atoms with Crippen molar-refractivity contribution >= 4 is 46.4 Å². The summed E-state index contributed by atoms with van der Waals surface area (Å²) in [5.74, 6) is 2.67. The number of nitrogens with zero attached hydrogens (tertiary/aromatic N) is 2. The second-order valence-electron chi connectivity index (χ2n) is 13.3. The maximum absolute atomic E-state index is 5.99. The topological polar surface area (TPSA) is 94.3 Å². The van der Waals surface area contributed by atoms with Crippen molar-refractivity contribution in [2.24, 2.45) is 0 Å². The fraction of sp³-hybridized carbons (Fsp3) is 0.0833. The van der Waals surface area contributed by atoms with Crippen LogP contribution in [0.4, 0.5) is 0 Å². The lowest BCUT2D eigenvalue weighted by atomic mass is 10.0. The van der Waals surface area contributed by atoms with Crippen molar-refractivity contribution in [1.82, 2.24) is 19.9 Å². The highest BCUT2D eigenvalue weighted by molar-refractivity contribution is 6.02. The SMILES string of the molecule is COc1cccc(OC)c1-c1c2nc(c(-c3ccccc3)c3ccc([nH]3)c(-c3c(OC)cccc3OC)c3nc(c(-c4ccccc4)c4ccc1[nH]4)C=C3)C=C2. The minimum atomic E-state index is 0.667. The summed E-state index contributed by atoms with van der Waals surface area (Å²) in [6, 6.07) is 40.6. The Morgan fingerprint density at radius 2 is 0.625 bits per heavy atom. The van der Waals surface area contributed by atoms with Gasteiger partial charge in [0.05, 0.1) is 62.3 Å². The van der Waals surface area contributed by atoms with E-state index in [0.717, 1.165) is 89.4 Å². The molecule has 0 amide bonds. The van der Waals surface area contributed by atoms with Gasteiger partial charge in [-0.3, -0.25) is 0 Å². The molecule has 0 saturated carbocycles. The van der Waals surface area contributed by atoms with E-state index in [9.17, 15) is 0 Å². The van der Waals surface area contributed by atoms with Crippen molar-refractivity contribution in [3.05, 3.63) is 144 Å². The Bertz CT molecular complexity index is 2610. The molecule has 3 aromatic heterocycles. The van der Waals surface area contributed by atoms with Crippen molar-refractivity contribution in [2.75, 3.05) is 28.4 Å². The van der Waals surface area contributed by atoms with Crippen LogP contribution in [0.1, 0.15) is 22.8 Å². The first kappa shape index (κ1) is 34.4. The van der Waals surface area contributed by atoms with Gasteiger partial charge in [0.15, 0.2) is 0 Å². The third-order valence-electron chi connectivity index (χ3n) is 10.2. The molecule has 4 aromatic carbocycles. The largest absolute Gasteiger partial charge is 0.496 e. The van der Waals surface area contributed by atoms with E-state index in [1.807, 2.05) is 72.8 Å². The van der Waals surface area contributed by atoms with Gasteiger partial charge in [0.1, 0.15) is 23.0 Å². The lowest BCUT2D eigenvalue weighted by Gasteiger charge is -2.14. The molecule has 56 heavy (non-hydrogen) atoms. The fourth-order valence-electron chi connectivity index (χ4n) is 7.74. The molecule has 8 heteroatoms. The van der Waals surface area contributed by atoms with Crippen molar-refractivity contribution < 1.29 is 18.9 Å². The van der Waals surface area contributed by atoms with Crippen molar-refractivity contribution in [2.45, 2.75) is 0 Å². The zero-order valence-electron chi connectivity index (χ0n) is 31.4. The van der Waals surface area contributed by atoms with Crippen LogP contribution in [0.2, 0.25) is 0 Å². The van der Waals surface area contributed by atoms with Gasteiger partial charge in [-0.2, -0.15) is 0 Å². The van der Waals surface area contributed by atoms with Crippen LogP contribution in [0, 0.1) is 0 Å². The number of hydrogen-bond acceptors (Lipinski definition) is 6. The molecule has 9 rings (SSSR count). The van der Waals surface area contributed by atoms with E-state index in [1.54, 1.807) is 28.4 Å². The van der Waals surface area contributed by atoms with Crippen molar-refractivity contribution in [1.29, 1.82) is 0 Å². The highest BCUT2D eigenvalue weighted by atomic mass is 16.5. The minimum absolute atomic E-state index is 0.667. The van der Waals surface area contributed by atoms with Gasteiger partial charge in [0.2, 0.25) is 0 Å². The van der Waals surface area contributed by atoms with Crippen molar-refractivity contribution in [3.63, 3.8) is 0 Å². The Kier molecular flexibility index (Phi) is 8.91. The Morgan fingerprint density at radius 3 is 0.946 bits per heavy atom. The lowest BCUT2D eigenvalue weighted by molar-refractivity contribution is 0.397. The summed E-state index contributed by atoms with van der Waals surface area (Å²) in [5, 5.41) is 0. The molecule has 8 nitrogen and oxygen atoms in total. The average molecular weight is 735 g/mol. The molecule has 0 radical (unpaired) electrons. The van der Waals surface area contributed by atoms with Crippen molar-refractivity contribution in [3.8, 4) is 67.5 Å². The Hall–Kier alpha value is -7.32. The summed E-state index contributed by atoms with van der Waals surface area (Å²) < 4.78 is 24.0. The molecule has 0 fully saturated rings. The number of ether oxygens (including phenoxy) is 4. The van der Waals surface area contributed by atoms with E-state index < -0.39 is 0 Å². The average Bonchev–Trinajstić information content (AvgIpc) is 4.10. The van der Waals surface area contributed by atoms with Crippen LogP contribution >= 0.6 is 0 Å². The Labute approximate surface area is 324 Å². The molecule has 2 N–H and O–H groups in total. The Morgan fingerprint density at radius 1 is 0.321 bits per heavy atom. The highest BCUT2D eigenvalue weighted by Gasteiger charge is 2.24. The standard InChI is InChI=1S/C48H38N4O4/c1-53-39-17-11-18-40(54-2)47(39)45-35-25-21-31(49-35)43(29-13-7-5-8-14-29)33-23-27-37(51-33)46(48-41(55-3)19-12-20-42(48)56-4)38-28-24-34(52-38)44(30-15-9-6-10-16-30)32-22-26-36(45)50-32/h5-28,49,52H,1-4H3. The first-order chi connectivity index (χ1) is 27.6. The number of rotatable bonds is 8. The summed E-state index contributed by atoms with van der Waals surface area (Å²) in [6.45, 7) is 0. The number of aromatic amines is 2. The number of H-pyrrole nitrogens is 2. The lowest BCUT2D eigenvalue weighted by Crippen LogP contribution is -1.96. The molecule has 2 aliphatic rings. The van der Waals surface area contributed by atoms with Gasteiger partial charge in [0, 0.05) is 44.3 Å². The molecule has 0 atom stereocenters. The van der Waals surface area contributed by atoms with E-state index in [2.05, 4.69) is 82.8 Å². The van der Waals surface area contributed by atoms with E-state index in [0.29, 0.717) is 23.0 Å². The number of aromatic nitrogens is 4. The molecule has 274 valence electrons. The molecule has 0 aliphatic carbocycles. The normalized spacial score (nSPS) is 11.8. The summed E-state index contributed by atoms with van der Waals surface area (Å²) in [5.41, 5.74) is 13.7. The molecule has 8 bridgehead atoms. The molecule has 0 unspecified atom stereocenters. The summed E-state index contributed by atoms with van der Waals surface area (Å²) in [4.78, 5) is 18.4. The van der Waals surface area contributed by atoms with Crippen LogP contribution in [-0.2, 0) is 0 Å². The zero-order chi connectivity index (χ0) is 38.2. The van der Waals surface area contributed by atoms with Crippen LogP contribution in [0.5, 0.6) is 23.0 Å². The molecular formula is C48H38N4O4. The second kappa shape index (κ2) is 14.5. The van der Waals surface area contributed by atoms with E-state index in [4.69, 9.17) is 28.9 Å². The van der Waals surface area contributed by atoms with Gasteiger partial charge in [-0.1, -0.05) is 72.8 Å². The third-order valence-corrected chi connectivity index (χ3v) is 10.2. The number of methoxy groups -OCH3 is 4. The van der Waals surface area contributed by atoms with E-state index >= 15 is 0 Å². The molecule has 0 saturated heterocycles. The van der Waals surface area contributed by atoms with Crippen LogP contribution in [0.15, 0.2) is 121 Å². The number of hydrogen-bond donors (Lipinski definition) is 2. The van der Waals surface area contributed by atoms with E-state index in [-0.39, 0.29) is 0 Å². The fourth-order valence-corrected chi connectivity index (χ4v) is 7.74. The molecule has 2 aliphatic heterocycles. The monoisotopic (exact) mass is 734 g/mol. The number of fused-ring (bicyclic) bond motifs is 8. The minimum Gasteiger partial charge on any atom is -0.496 e. The number of benzene rings is 4. The highest BCUT2D eigenvalue weighted by Crippen LogP contribution is 2.46. The summed E-state index contributed by atoms with van der Waals surface area (Å²) >= 11 is 0. The van der Waals surface area contributed by atoms with Crippen LogP contribution in [-0.4, -0.2) is 48.4 Å². The van der Waals surface area contributed by atoms with Crippen LogP contribution in [0.3, 0.4) is 0 Å². The van der Waals surface area contributed by atoms with Gasteiger partial charge >= 0.3 is 0 Å². The molecular weight excluding hydrogens is 697 g/mol. The predicted molar refractivity (Wildman–Crippen MR) is 227 cm³/mol. The van der Waals surface area contributed by atoms with Crippen LogP contribution in [0.25, 0.3) is 90.9 Å².